The third-order valence-electron chi connectivity index (χ3n) is 4.09. The highest BCUT2D eigenvalue weighted by Crippen LogP contribution is 2.21. The van der Waals surface area contributed by atoms with E-state index in [9.17, 15) is 9.59 Å². The molecule has 0 bridgehead atoms. The molecule has 2 aromatic rings. The summed E-state index contributed by atoms with van der Waals surface area (Å²) in [5.41, 5.74) is 4.12. The lowest BCUT2D eigenvalue weighted by molar-refractivity contribution is -0.121. The molecule has 4 heteroatoms. The van der Waals surface area contributed by atoms with Crippen molar-refractivity contribution in [1.29, 1.82) is 0 Å². The van der Waals surface area contributed by atoms with Crippen molar-refractivity contribution in [2.75, 3.05) is 13.1 Å². The van der Waals surface area contributed by atoms with Crippen LogP contribution in [0.1, 0.15) is 27.0 Å². The molecule has 1 N–H and O–H groups in total. The van der Waals surface area contributed by atoms with Gasteiger partial charge in [-0.3, -0.25) is 9.59 Å². The second kappa shape index (κ2) is 6.65. The molecule has 0 aromatic heterocycles. The van der Waals surface area contributed by atoms with E-state index in [0.29, 0.717) is 18.7 Å². The highest BCUT2D eigenvalue weighted by atomic mass is 16.2. The van der Waals surface area contributed by atoms with Crippen molar-refractivity contribution < 1.29 is 9.59 Å². The highest BCUT2D eigenvalue weighted by Gasteiger charge is 2.27. The zero-order chi connectivity index (χ0) is 16.2. The van der Waals surface area contributed by atoms with Crippen molar-refractivity contribution >= 4 is 11.8 Å². The topological polar surface area (TPSA) is 49.4 Å². The molecule has 2 amide bonds. The quantitative estimate of drug-likeness (QED) is 0.921. The predicted octanol–water partition coefficient (Wildman–Crippen LogP) is 2.31. The molecule has 2 aromatic carbocycles. The van der Waals surface area contributed by atoms with Gasteiger partial charge in [0.05, 0.1) is 0 Å². The molecule has 0 unspecified atom stereocenters. The number of aryl methyl sites for hydroxylation is 1. The summed E-state index contributed by atoms with van der Waals surface area (Å²) >= 11 is 0. The molecule has 23 heavy (non-hydrogen) atoms. The van der Waals surface area contributed by atoms with E-state index in [0.717, 1.165) is 12.0 Å². The molecule has 0 saturated heterocycles. The van der Waals surface area contributed by atoms with Crippen LogP contribution >= 0.6 is 0 Å². The molecule has 1 aliphatic heterocycles. The van der Waals surface area contributed by atoms with Crippen LogP contribution in [-0.4, -0.2) is 29.8 Å². The molecule has 0 fully saturated rings. The van der Waals surface area contributed by atoms with Gasteiger partial charge in [-0.05, 0) is 30.5 Å². The number of amides is 2. The summed E-state index contributed by atoms with van der Waals surface area (Å²) in [6, 6.07) is 15.8. The number of nitrogens with zero attached hydrogens (tertiary/aromatic N) is 1. The summed E-state index contributed by atoms with van der Waals surface area (Å²) < 4.78 is 0. The Morgan fingerprint density at radius 2 is 1.87 bits per heavy atom. The summed E-state index contributed by atoms with van der Waals surface area (Å²) in [6.45, 7) is 3.26. The molecule has 118 valence electrons. The maximum atomic E-state index is 12.2. The minimum absolute atomic E-state index is 0.0608. The van der Waals surface area contributed by atoms with E-state index >= 15 is 0 Å². The fourth-order valence-corrected chi connectivity index (χ4v) is 2.77. The van der Waals surface area contributed by atoms with E-state index in [1.807, 2.05) is 24.3 Å². The third-order valence-corrected chi connectivity index (χ3v) is 4.09. The summed E-state index contributed by atoms with van der Waals surface area (Å²) in [5, 5.41) is 2.89. The van der Waals surface area contributed by atoms with Crippen molar-refractivity contribution in [1.82, 2.24) is 10.2 Å². The number of carbonyl (C=O) groups is 2. The van der Waals surface area contributed by atoms with Crippen LogP contribution in [0, 0.1) is 6.92 Å². The standard InChI is InChI=1S/C19H20N2O2/c1-14-6-8-15(9-7-14)10-11-20-18(22)13-21-12-16-4-2-3-5-17(16)19(21)23/h2-9H,10-13H2,1H3,(H,20,22). The Bertz CT molecular complexity index is 722. The maximum absolute atomic E-state index is 12.2. The van der Waals surface area contributed by atoms with E-state index in [2.05, 4.69) is 36.5 Å². The number of rotatable bonds is 5. The first kappa shape index (κ1) is 15.3. The van der Waals surface area contributed by atoms with Gasteiger partial charge in [-0.25, -0.2) is 0 Å². The number of benzene rings is 2. The summed E-state index contributed by atoms with van der Waals surface area (Å²) in [5.74, 6) is -0.174. The Morgan fingerprint density at radius 1 is 1.13 bits per heavy atom. The highest BCUT2D eigenvalue weighted by molar-refractivity contribution is 6.00. The SMILES string of the molecule is Cc1ccc(CCNC(=O)CN2Cc3ccccc3C2=O)cc1. The summed E-state index contributed by atoms with van der Waals surface area (Å²) in [4.78, 5) is 25.8. The molecule has 3 rings (SSSR count). The van der Waals surface area contributed by atoms with Gasteiger partial charge >= 0.3 is 0 Å². The number of carbonyl (C=O) groups excluding carboxylic acids is 2. The Balaban J connectivity index is 1.47. The van der Waals surface area contributed by atoms with Crippen LogP contribution in [-0.2, 0) is 17.8 Å². The van der Waals surface area contributed by atoms with Crippen LogP contribution in [0.4, 0.5) is 0 Å². The number of hydrogen-bond acceptors (Lipinski definition) is 2. The van der Waals surface area contributed by atoms with Crippen LogP contribution in [0.5, 0.6) is 0 Å². The molecule has 1 heterocycles. The van der Waals surface area contributed by atoms with Gasteiger partial charge in [0.25, 0.3) is 5.91 Å². The molecule has 0 aliphatic carbocycles. The number of hydrogen-bond donors (Lipinski definition) is 1. The van der Waals surface area contributed by atoms with Crippen LogP contribution in [0.3, 0.4) is 0 Å². The molecular weight excluding hydrogens is 288 g/mol. The Morgan fingerprint density at radius 3 is 2.61 bits per heavy atom. The predicted molar refractivity (Wildman–Crippen MR) is 89.1 cm³/mol. The van der Waals surface area contributed by atoms with Gasteiger partial charge in [-0.15, -0.1) is 0 Å². The summed E-state index contributed by atoms with van der Waals surface area (Å²) in [7, 11) is 0. The van der Waals surface area contributed by atoms with Gasteiger partial charge in [-0.2, -0.15) is 0 Å². The zero-order valence-corrected chi connectivity index (χ0v) is 13.2. The van der Waals surface area contributed by atoms with Crippen molar-refractivity contribution in [3.63, 3.8) is 0 Å². The molecule has 1 aliphatic rings. The normalized spacial score (nSPS) is 13.1. The first-order valence-corrected chi connectivity index (χ1v) is 7.83. The molecule has 0 radical (unpaired) electrons. The minimum Gasteiger partial charge on any atom is -0.354 e. The second-order valence-corrected chi connectivity index (χ2v) is 5.90. The van der Waals surface area contributed by atoms with Gasteiger partial charge in [0, 0.05) is 18.7 Å². The maximum Gasteiger partial charge on any atom is 0.254 e. The van der Waals surface area contributed by atoms with Gasteiger partial charge in [0.2, 0.25) is 5.91 Å². The lowest BCUT2D eigenvalue weighted by Gasteiger charge is -2.15. The average Bonchev–Trinajstić information content (AvgIpc) is 2.86. The van der Waals surface area contributed by atoms with E-state index in [-0.39, 0.29) is 18.4 Å². The Hall–Kier alpha value is -2.62. The first-order valence-electron chi connectivity index (χ1n) is 7.83. The van der Waals surface area contributed by atoms with E-state index in [4.69, 9.17) is 0 Å². The molecule has 0 spiro atoms. The summed E-state index contributed by atoms with van der Waals surface area (Å²) in [6.07, 6.45) is 0.792. The van der Waals surface area contributed by atoms with Crippen LogP contribution in [0.15, 0.2) is 48.5 Å². The minimum atomic E-state index is -0.113. The average molecular weight is 308 g/mol. The number of fused-ring (bicyclic) bond motifs is 1. The van der Waals surface area contributed by atoms with Crippen LogP contribution < -0.4 is 5.32 Å². The van der Waals surface area contributed by atoms with Crippen molar-refractivity contribution in [3.05, 3.63) is 70.8 Å². The Labute approximate surface area is 136 Å². The molecule has 0 saturated carbocycles. The zero-order valence-electron chi connectivity index (χ0n) is 13.2. The lowest BCUT2D eigenvalue weighted by atomic mass is 10.1. The van der Waals surface area contributed by atoms with Crippen LogP contribution in [0.2, 0.25) is 0 Å². The van der Waals surface area contributed by atoms with Crippen LogP contribution in [0.25, 0.3) is 0 Å². The lowest BCUT2D eigenvalue weighted by Crippen LogP contribution is -2.38. The first-order chi connectivity index (χ1) is 11.1. The largest absolute Gasteiger partial charge is 0.354 e. The molecule has 4 nitrogen and oxygen atoms in total. The van der Waals surface area contributed by atoms with Crippen molar-refractivity contribution in [2.24, 2.45) is 0 Å². The van der Waals surface area contributed by atoms with Crippen molar-refractivity contribution in [3.8, 4) is 0 Å². The van der Waals surface area contributed by atoms with E-state index in [1.165, 1.54) is 11.1 Å². The monoisotopic (exact) mass is 308 g/mol. The smallest absolute Gasteiger partial charge is 0.254 e. The van der Waals surface area contributed by atoms with Gasteiger partial charge in [0.1, 0.15) is 6.54 Å². The third kappa shape index (κ3) is 3.59. The van der Waals surface area contributed by atoms with Crippen molar-refractivity contribution in [2.45, 2.75) is 19.9 Å². The van der Waals surface area contributed by atoms with Gasteiger partial charge in [0.15, 0.2) is 0 Å². The Kier molecular flexibility index (Phi) is 4.42. The molecule has 0 atom stereocenters. The van der Waals surface area contributed by atoms with Gasteiger partial charge in [-0.1, -0.05) is 48.0 Å². The fourth-order valence-electron chi connectivity index (χ4n) is 2.77. The second-order valence-electron chi connectivity index (χ2n) is 5.90. The van der Waals surface area contributed by atoms with E-state index < -0.39 is 0 Å². The fraction of sp³-hybridized carbons (Fsp3) is 0.263. The molecular formula is C19H20N2O2. The number of nitrogens with one attached hydrogen (secondary N) is 1. The van der Waals surface area contributed by atoms with E-state index in [1.54, 1.807) is 4.90 Å². The van der Waals surface area contributed by atoms with Gasteiger partial charge < -0.3 is 10.2 Å².